The van der Waals surface area contributed by atoms with E-state index in [4.69, 9.17) is 20.6 Å². The molecule has 0 unspecified atom stereocenters. The summed E-state index contributed by atoms with van der Waals surface area (Å²) in [7, 11) is 0. The molecule has 1 fully saturated rings. The van der Waals surface area contributed by atoms with Crippen LogP contribution in [0.1, 0.15) is 24.6 Å². The van der Waals surface area contributed by atoms with Crippen molar-refractivity contribution in [1.82, 2.24) is 9.97 Å². The normalized spacial score (nSPS) is 15.0. The summed E-state index contributed by atoms with van der Waals surface area (Å²) in [6.07, 6.45) is 1.10. The lowest BCUT2D eigenvalue weighted by Gasteiger charge is -2.14. The van der Waals surface area contributed by atoms with Crippen LogP contribution in [-0.2, 0) is 20.7 Å². The van der Waals surface area contributed by atoms with E-state index in [1.807, 2.05) is 6.92 Å². The lowest BCUT2D eigenvalue weighted by atomic mass is 10.1. The van der Waals surface area contributed by atoms with Crippen LogP contribution in [0.2, 0.25) is 0 Å². The highest BCUT2D eigenvalue weighted by Gasteiger charge is 2.19. The first kappa shape index (κ1) is 16.7. The Morgan fingerprint density at radius 2 is 2.14 bits per heavy atom. The van der Waals surface area contributed by atoms with E-state index in [1.165, 1.54) is 6.92 Å². The van der Waals surface area contributed by atoms with Gasteiger partial charge in [0.2, 0.25) is 11.9 Å². The van der Waals surface area contributed by atoms with Crippen molar-refractivity contribution >= 4 is 28.8 Å². The number of amidine groups is 1. The minimum absolute atomic E-state index is 0.0681. The minimum atomic E-state index is -0.251. The number of nitrogens with two attached hydrogens (primary N) is 1. The molecule has 0 spiro atoms. The maximum Gasteiger partial charge on any atom is 0.230 e. The maximum absolute atomic E-state index is 11.1. The van der Waals surface area contributed by atoms with Crippen LogP contribution >= 0.6 is 11.8 Å². The number of anilines is 1. The van der Waals surface area contributed by atoms with Crippen LogP contribution in [0.3, 0.4) is 0 Å². The number of carbonyl (C=O) groups excluding carboxylic acids is 1. The van der Waals surface area contributed by atoms with Gasteiger partial charge in [0.15, 0.2) is 11.5 Å². The first-order valence-corrected chi connectivity index (χ1v) is 7.67. The van der Waals surface area contributed by atoms with Gasteiger partial charge >= 0.3 is 0 Å². The Labute approximate surface area is 132 Å². The molecular formula is C13H19N5O3S. The molecule has 8 nitrogen and oxygen atoms in total. The Morgan fingerprint density at radius 1 is 1.45 bits per heavy atom. The Morgan fingerprint density at radius 3 is 2.73 bits per heavy atom. The Balaban J connectivity index is 2.20. The van der Waals surface area contributed by atoms with Crippen molar-refractivity contribution in [2.45, 2.75) is 38.0 Å². The SMILES string of the molecule is CC(=O)Nc1nc(C)c(CCC2OCCO2)c(SC(=N)N)n1. The highest BCUT2D eigenvalue weighted by Crippen LogP contribution is 2.26. The smallest absolute Gasteiger partial charge is 0.230 e. The second-order valence-electron chi connectivity index (χ2n) is 4.77. The molecule has 1 amide bonds. The van der Waals surface area contributed by atoms with Gasteiger partial charge in [0.05, 0.1) is 13.2 Å². The van der Waals surface area contributed by atoms with Crippen molar-refractivity contribution < 1.29 is 14.3 Å². The number of hydrogen-bond acceptors (Lipinski definition) is 7. The predicted octanol–water partition coefficient (Wildman–Crippen LogP) is 1.03. The monoisotopic (exact) mass is 325 g/mol. The lowest BCUT2D eigenvalue weighted by molar-refractivity contribution is -0.114. The number of aromatic nitrogens is 2. The summed E-state index contributed by atoms with van der Waals surface area (Å²) < 4.78 is 10.8. The van der Waals surface area contributed by atoms with Crippen LogP contribution < -0.4 is 11.1 Å². The van der Waals surface area contributed by atoms with Gasteiger partial charge in [-0.15, -0.1) is 0 Å². The molecular weight excluding hydrogens is 306 g/mol. The molecule has 0 atom stereocenters. The summed E-state index contributed by atoms with van der Waals surface area (Å²) in [6.45, 7) is 4.44. The number of carbonyl (C=O) groups is 1. The molecule has 9 heteroatoms. The van der Waals surface area contributed by atoms with Crippen LogP contribution in [0.4, 0.5) is 5.95 Å². The first-order chi connectivity index (χ1) is 10.5. The molecule has 22 heavy (non-hydrogen) atoms. The second kappa shape index (κ2) is 7.52. The molecule has 2 rings (SSSR count). The summed E-state index contributed by atoms with van der Waals surface area (Å²) in [4.78, 5) is 19.7. The molecule has 120 valence electrons. The van der Waals surface area contributed by atoms with Crippen molar-refractivity contribution in [2.75, 3.05) is 18.5 Å². The third kappa shape index (κ3) is 4.65. The summed E-state index contributed by atoms with van der Waals surface area (Å²) in [6, 6.07) is 0. The first-order valence-electron chi connectivity index (χ1n) is 6.86. The van der Waals surface area contributed by atoms with Gasteiger partial charge in [0.1, 0.15) is 5.03 Å². The molecule has 1 aliphatic rings. The second-order valence-corrected chi connectivity index (χ2v) is 5.80. The van der Waals surface area contributed by atoms with Gasteiger partial charge in [-0.1, -0.05) is 0 Å². The fourth-order valence-electron chi connectivity index (χ4n) is 2.10. The van der Waals surface area contributed by atoms with Crippen LogP contribution in [0.25, 0.3) is 0 Å². The van der Waals surface area contributed by atoms with E-state index in [0.29, 0.717) is 31.1 Å². The molecule has 1 saturated heterocycles. The van der Waals surface area contributed by atoms with Gasteiger partial charge in [-0.05, 0) is 25.1 Å². The van der Waals surface area contributed by atoms with E-state index in [0.717, 1.165) is 23.0 Å². The number of thioether (sulfide) groups is 1. The zero-order valence-corrected chi connectivity index (χ0v) is 13.3. The zero-order valence-electron chi connectivity index (χ0n) is 12.5. The number of rotatable bonds is 5. The van der Waals surface area contributed by atoms with Crippen molar-refractivity contribution in [1.29, 1.82) is 5.41 Å². The van der Waals surface area contributed by atoms with E-state index < -0.39 is 0 Å². The fourth-order valence-corrected chi connectivity index (χ4v) is 2.81. The van der Waals surface area contributed by atoms with Gasteiger partial charge in [0, 0.05) is 24.6 Å². The van der Waals surface area contributed by atoms with Crippen LogP contribution in [0, 0.1) is 12.3 Å². The fraction of sp³-hybridized carbons (Fsp3) is 0.538. The number of hydrogen-bond donors (Lipinski definition) is 3. The highest BCUT2D eigenvalue weighted by molar-refractivity contribution is 8.13. The molecule has 1 aromatic rings. The number of amides is 1. The van der Waals surface area contributed by atoms with Crippen molar-refractivity contribution in [2.24, 2.45) is 5.73 Å². The maximum atomic E-state index is 11.1. The number of aryl methyl sites for hydroxylation is 1. The third-order valence-corrected chi connectivity index (χ3v) is 3.74. The molecule has 0 radical (unpaired) electrons. The summed E-state index contributed by atoms with van der Waals surface area (Å²) >= 11 is 1.04. The summed E-state index contributed by atoms with van der Waals surface area (Å²) in [5.41, 5.74) is 7.08. The predicted molar refractivity (Wildman–Crippen MR) is 82.9 cm³/mol. The van der Waals surface area contributed by atoms with E-state index in [2.05, 4.69) is 15.3 Å². The Kier molecular flexibility index (Phi) is 5.69. The average molecular weight is 325 g/mol. The highest BCUT2D eigenvalue weighted by atomic mass is 32.2. The molecule has 0 bridgehead atoms. The Bertz CT molecular complexity index is 575. The molecule has 1 aliphatic heterocycles. The summed E-state index contributed by atoms with van der Waals surface area (Å²) in [5.74, 6) is -0.0375. The molecule has 0 saturated carbocycles. The topological polar surface area (TPSA) is 123 Å². The summed E-state index contributed by atoms with van der Waals surface area (Å²) in [5, 5.41) is 10.5. The lowest BCUT2D eigenvalue weighted by Crippen LogP contribution is -2.15. The molecule has 0 aliphatic carbocycles. The van der Waals surface area contributed by atoms with Gasteiger partial charge in [-0.3, -0.25) is 15.5 Å². The van der Waals surface area contributed by atoms with Gasteiger partial charge < -0.3 is 15.2 Å². The Hall–Kier alpha value is -1.71. The van der Waals surface area contributed by atoms with Crippen LogP contribution in [0.15, 0.2) is 5.03 Å². The minimum Gasteiger partial charge on any atom is -0.378 e. The van der Waals surface area contributed by atoms with Gasteiger partial charge in [0.25, 0.3) is 0 Å². The number of nitrogens with one attached hydrogen (secondary N) is 2. The van der Waals surface area contributed by atoms with Crippen molar-refractivity contribution in [3.05, 3.63) is 11.3 Å². The van der Waals surface area contributed by atoms with Crippen LogP contribution in [-0.4, -0.2) is 40.5 Å². The quantitative estimate of drug-likeness (QED) is 0.320. The van der Waals surface area contributed by atoms with Gasteiger partial charge in [-0.2, -0.15) is 0 Å². The van der Waals surface area contributed by atoms with Crippen LogP contribution in [0.5, 0.6) is 0 Å². The van der Waals surface area contributed by atoms with E-state index in [-0.39, 0.29) is 23.3 Å². The molecule has 1 aromatic heterocycles. The molecule has 0 aromatic carbocycles. The van der Waals surface area contributed by atoms with Gasteiger partial charge in [-0.25, -0.2) is 9.97 Å². The van der Waals surface area contributed by atoms with Crippen molar-refractivity contribution in [3.63, 3.8) is 0 Å². The van der Waals surface area contributed by atoms with E-state index >= 15 is 0 Å². The zero-order chi connectivity index (χ0) is 16.1. The average Bonchev–Trinajstić information content (AvgIpc) is 2.89. The van der Waals surface area contributed by atoms with E-state index in [9.17, 15) is 4.79 Å². The number of nitrogens with zero attached hydrogens (tertiary/aromatic N) is 2. The van der Waals surface area contributed by atoms with Crippen molar-refractivity contribution in [3.8, 4) is 0 Å². The standard InChI is InChI=1S/C13H19N5O3S/c1-7-9(3-4-10-20-5-6-21-10)11(22-12(14)15)18-13(16-7)17-8(2)19/h10H,3-6H2,1-2H3,(H3,14,15)(H,16,17,18,19). The molecule has 4 N–H and O–H groups in total. The number of ether oxygens (including phenoxy) is 2. The molecule has 2 heterocycles. The third-order valence-electron chi connectivity index (χ3n) is 2.99. The largest absolute Gasteiger partial charge is 0.378 e. The van der Waals surface area contributed by atoms with E-state index in [1.54, 1.807) is 0 Å².